The SMILES string of the molecule is CN(C)C(O)c1ccc(N2CCC(CC3CCN(C(=O)C(F)(F)c4cccc(Cl)c4)CC3)CC2)nc1Cl. The third-order valence-electron chi connectivity index (χ3n) is 7.59. The Hall–Kier alpha value is -2.00. The van der Waals surface area contributed by atoms with Gasteiger partial charge in [0.1, 0.15) is 17.2 Å². The fourth-order valence-corrected chi connectivity index (χ4v) is 5.77. The number of aliphatic hydroxyl groups excluding tert-OH is 1. The lowest BCUT2D eigenvalue weighted by Crippen LogP contribution is -2.46. The summed E-state index contributed by atoms with van der Waals surface area (Å²) in [5, 5.41) is 10.7. The molecule has 0 bridgehead atoms. The predicted molar refractivity (Wildman–Crippen MR) is 142 cm³/mol. The van der Waals surface area contributed by atoms with Crippen LogP contribution in [0.3, 0.4) is 0 Å². The summed E-state index contributed by atoms with van der Waals surface area (Å²) in [5.74, 6) is -2.92. The van der Waals surface area contributed by atoms with Gasteiger partial charge in [0.05, 0.1) is 0 Å². The van der Waals surface area contributed by atoms with Crippen LogP contribution in [-0.4, -0.2) is 66.1 Å². The molecule has 1 aromatic carbocycles. The van der Waals surface area contributed by atoms with Crippen LogP contribution in [0.1, 0.15) is 49.5 Å². The number of hydrogen-bond donors (Lipinski definition) is 1. The van der Waals surface area contributed by atoms with Crippen molar-refractivity contribution >= 4 is 34.9 Å². The van der Waals surface area contributed by atoms with E-state index in [0.717, 1.165) is 57.1 Å². The number of pyridine rings is 1. The van der Waals surface area contributed by atoms with E-state index in [1.807, 2.05) is 12.1 Å². The molecule has 0 saturated carbocycles. The Morgan fingerprint density at radius 2 is 1.70 bits per heavy atom. The second kappa shape index (κ2) is 11.8. The number of hydrogen-bond acceptors (Lipinski definition) is 5. The molecule has 10 heteroatoms. The predicted octanol–water partition coefficient (Wildman–Crippen LogP) is 5.58. The number of aliphatic hydroxyl groups is 1. The molecule has 2 aliphatic rings. The quantitative estimate of drug-likeness (QED) is 0.357. The zero-order chi connectivity index (χ0) is 26.7. The minimum Gasteiger partial charge on any atom is -0.374 e. The molecule has 4 rings (SSSR count). The molecule has 1 aromatic heterocycles. The number of anilines is 1. The number of piperidine rings is 2. The molecule has 0 radical (unpaired) electrons. The number of halogens is 4. The molecule has 3 heterocycles. The molecule has 2 aliphatic heterocycles. The maximum atomic E-state index is 14.8. The number of carbonyl (C=O) groups is 1. The van der Waals surface area contributed by atoms with Crippen LogP contribution in [0.25, 0.3) is 0 Å². The first kappa shape index (κ1) is 28.0. The third kappa shape index (κ3) is 6.53. The van der Waals surface area contributed by atoms with Gasteiger partial charge in [-0.1, -0.05) is 35.3 Å². The van der Waals surface area contributed by atoms with E-state index < -0.39 is 18.1 Å². The van der Waals surface area contributed by atoms with Crippen LogP contribution in [0.4, 0.5) is 14.6 Å². The van der Waals surface area contributed by atoms with E-state index in [0.29, 0.717) is 35.6 Å². The minimum atomic E-state index is -3.58. The van der Waals surface area contributed by atoms with Gasteiger partial charge < -0.3 is 14.9 Å². The van der Waals surface area contributed by atoms with Crippen LogP contribution in [0.5, 0.6) is 0 Å². The highest BCUT2D eigenvalue weighted by Gasteiger charge is 2.44. The molecule has 1 unspecified atom stereocenters. The molecule has 2 aromatic rings. The molecule has 1 N–H and O–H groups in total. The lowest BCUT2D eigenvalue weighted by atomic mass is 9.82. The molecule has 202 valence electrons. The Morgan fingerprint density at radius 1 is 1.08 bits per heavy atom. The van der Waals surface area contributed by atoms with Crippen LogP contribution in [0.15, 0.2) is 36.4 Å². The van der Waals surface area contributed by atoms with Crippen LogP contribution in [0, 0.1) is 11.8 Å². The number of carbonyl (C=O) groups excluding carboxylic acids is 1. The normalized spacial score (nSPS) is 18.9. The summed E-state index contributed by atoms with van der Waals surface area (Å²) in [6, 6.07) is 9.08. The Bertz CT molecular complexity index is 1090. The van der Waals surface area contributed by atoms with E-state index in [4.69, 9.17) is 23.2 Å². The molecule has 37 heavy (non-hydrogen) atoms. The summed E-state index contributed by atoms with van der Waals surface area (Å²) in [4.78, 5) is 22.3. The van der Waals surface area contributed by atoms with Gasteiger partial charge in [-0.05, 0) is 82.3 Å². The second-order valence-corrected chi connectivity index (χ2v) is 11.2. The molecule has 2 fully saturated rings. The Morgan fingerprint density at radius 3 is 2.27 bits per heavy atom. The zero-order valence-electron chi connectivity index (χ0n) is 21.2. The van der Waals surface area contributed by atoms with Gasteiger partial charge in [0, 0.05) is 42.3 Å². The second-order valence-electron chi connectivity index (χ2n) is 10.4. The maximum absolute atomic E-state index is 14.8. The maximum Gasteiger partial charge on any atom is 0.350 e. The molecule has 0 spiro atoms. The van der Waals surface area contributed by atoms with Crippen LogP contribution < -0.4 is 4.90 Å². The van der Waals surface area contributed by atoms with Crippen LogP contribution >= 0.6 is 23.2 Å². The molecule has 2 saturated heterocycles. The lowest BCUT2D eigenvalue weighted by molar-refractivity contribution is -0.160. The average molecular weight is 555 g/mol. The van der Waals surface area contributed by atoms with Crippen molar-refractivity contribution in [3.8, 4) is 0 Å². The van der Waals surface area contributed by atoms with E-state index in [1.54, 1.807) is 19.0 Å². The average Bonchev–Trinajstić information content (AvgIpc) is 2.88. The first-order valence-corrected chi connectivity index (χ1v) is 13.5. The van der Waals surface area contributed by atoms with E-state index in [2.05, 4.69) is 9.88 Å². The van der Waals surface area contributed by atoms with E-state index in [9.17, 15) is 18.7 Å². The van der Waals surface area contributed by atoms with Crippen molar-refractivity contribution < 1.29 is 18.7 Å². The van der Waals surface area contributed by atoms with Crippen molar-refractivity contribution in [1.29, 1.82) is 0 Å². The van der Waals surface area contributed by atoms with Gasteiger partial charge in [-0.2, -0.15) is 8.78 Å². The standard InChI is InChI=1S/C27H34Cl2F2N4O2/c1-33(2)25(36)22-6-7-23(32-24(22)29)34-12-8-18(9-13-34)16-19-10-14-35(15-11-19)26(37)27(30,31)20-4-3-5-21(28)17-20/h3-7,17-19,25,36H,8-16H2,1-2H3. The number of benzene rings is 1. The minimum absolute atomic E-state index is 0.189. The summed E-state index contributed by atoms with van der Waals surface area (Å²) in [6.07, 6.45) is 3.77. The molecule has 0 aliphatic carbocycles. The fraction of sp³-hybridized carbons (Fsp3) is 0.556. The number of alkyl halides is 2. The monoisotopic (exact) mass is 554 g/mol. The highest BCUT2D eigenvalue weighted by Crippen LogP contribution is 2.36. The first-order valence-electron chi connectivity index (χ1n) is 12.8. The Balaban J connectivity index is 1.25. The van der Waals surface area contributed by atoms with Crippen molar-refractivity contribution in [1.82, 2.24) is 14.8 Å². The van der Waals surface area contributed by atoms with E-state index in [-0.39, 0.29) is 10.6 Å². The largest absolute Gasteiger partial charge is 0.374 e. The van der Waals surface area contributed by atoms with Gasteiger partial charge in [-0.3, -0.25) is 9.69 Å². The number of nitrogens with zero attached hydrogens (tertiary/aromatic N) is 4. The summed E-state index contributed by atoms with van der Waals surface area (Å²) >= 11 is 12.2. The zero-order valence-corrected chi connectivity index (χ0v) is 22.7. The molecular formula is C27H34Cl2F2N4O2. The number of rotatable bonds is 7. The summed E-state index contributed by atoms with van der Waals surface area (Å²) in [5.41, 5.74) is 0.221. The van der Waals surface area contributed by atoms with E-state index >= 15 is 0 Å². The van der Waals surface area contributed by atoms with Gasteiger partial charge in [0.25, 0.3) is 5.91 Å². The smallest absolute Gasteiger partial charge is 0.350 e. The van der Waals surface area contributed by atoms with Crippen molar-refractivity contribution in [3.63, 3.8) is 0 Å². The van der Waals surface area contributed by atoms with Crippen molar-refractivity contribution in [3.05, 3.63) is 57.7 Å². The van der Waals surface area contributed by atoms with Crippen molar-refractivity contribution in [2.24, 2.45) is 11.8 Å². The van der Waals surface area contributed by atoms with Gasteiger partial charge in [-0.25, -0.2) is 4.98 Å². The van der Waals surface area contributed by atoms with Gasteiger partial charge in [-0.15, -0.1) is 0 Å². The lowest BCUT2D eigenvalue weighted by Gasteiger charge is -2.38. The van der Waals surface area contributed by atoms with Crippen LogP contribution in [0.2, 0.25) is 10.2 Å². The molecule has 6 nitrogen and oxygen atoms in total. The number of amides is 1. The first-order chi connectivity index (χ1) is 17.6. The van der Waals surface area contributed by atoms with Crippen molar-refractivity contribution in [2.45, 2.75) is 44.3 Å². The topological polar surface area (TPSA) is 59.9 Å². The highest BCUT2D eigenvalue weighted by molar-refractivity contribution is 6.30. The summed E-state index contributed by atoms with van der Waals surface area (Å²) in [7, 11) is 3.55. The van der Waals surface area contributed by atoms with Gasteiger partial charge >= 0.3 is 5.92 Å². The number of likely N-dealkylation sites (tertiary alicyclic amines) is 1. The fourth-order valence-electron chi connectivity index (χ4n) is 5.33. The Kier molecular flexibility index (Phi) is 8.94. The van der Waals surface area contributed by atoms with Gasteiger partial charge in [0.2, 0.25) is 0 Å². The molecule has 1 atom stereocenters. The molecule has 1 amide bonds. The Labute approximate surface area is 227 Å². The van der Waals surface area contributed by atoms with E-state index in [1.165, 1.54) is 23.1 Å². The summed E-state index contributed by atoms with van der Waals surface area (Å²) in [6.45, 7) is 2.44. The molecular weight excluding hydrogens is 521 g/mol. The summed E-state index contributed by atoms with van der Waals surface area (Å²) < 4.78 is 29.6. The van der Waals surface area contributed by atoms with Crippen LogP contribution in [-0.2, 0) is 10.7 Å². The third-order valence-corrected chi connectivity index (χ3v) is 8.13. The van der Waals surface area contributed by atoms with Gasteiger partial charge in [0.15, 0.2) is 0 Å². The van der Waals surface area contributed by atoms with Crippen molar-refractivity contribution in [2.75, 3.05) is 45.2 Å². The highest BCUT2D eigenvalue weighted by atomic mass is 35.5. The number of aromatic nitrogens is 1.